The van der Waals surface area contributed by atoms with Gasteiger partial charge in [-0.2, -0.15) is 5.10 Å². The molecule has 0 unspecified atom stereocenters. The van der Waals surface area contributed by atoms with Crippen molar-refractivity contribution in [2.75, 3.05) is 6.61 Å². The van der Waals surface area contributed by atoms with Crippen LogP contribution in [0.2, 0.25) is 0 Å². The van der Waals surface area contributed by atoms with Crippen molar-refractivity contribution in [3.63, 3.8) is 0 Å². The molecular formula is C27H27N3O4. The fourth-order valence-electron chi connectivity index (χ4n) is 3.54. The van der Waals surface area contributed by atoms with Crippen LogP contribution in [0.3, 0.4) is 0 Å². The Morgan fingerprint density at radius 3 is 2.24 bits per heavy atom. The zero-order valence-corrected chi connectivity index (χ0v) is 19.4. The van der Waals surface area contributed by atoms with E-state index in [4.69, 9.17) is 13.9 Å². The second-order valence-electron chi connectivity index (χ2n) is 7.70. The number of carbonyl (C=O) groups is 1. The van der Waals surface area contributed by atoms with E-state index in [9.17, 15) is 4.79 Å². The topological polar surface area (TPSA) is 78.0 Å². The fraction of sp³-hybridized carbons (Fsp3) is 0.185. The maximum absolute atomic E-state index is 12.3. The minimum absolute atomic E-state index is 0.163. The highest BCUT2D eigenvalue weighted by Gasteiger charge is 2.11. The van der Waals surface area contributed by atoms with Crippen molar-refractivity contribution < 1.29 is 18.7 Å². The molecule has 4 rings (SSSR count). The third-order valence-corrected chi connectivity index (χ3v) is 5.20. The lowest BCUT2D eigenvalue weighted by Crippen LogP contribution is -2.16. The maximum atomic E-state index is 12.3. The number of nitrogens with zero attached hydrogens (tertiary/aromatic N) is 2. The molecule has 1 N–H and O–H groups in total. The van der Waals surface area contributed by atoms with E-state index in [0.717, 1.165) is 17.0 Å². The number of furan rings is 1. The number of aryl methyl sites for hydroxylation is 2. The first kappa shape index (κ1) is 22.9. The summed E-state index contributed by atoms with van der Waals surface area (Å²) in [7, 11) is 0. The monoisotopic (exact) mass is 457 g/mol. The molecular weight excluding hydrogens is 430 g/mol. The van der Waals surface area contributed by atoms with Gasteiger partial charge in [-0.3, -0.25) is 4.79 Å². The number of amides is 1. The molecule has 0 radical (unpaired) electrons. The van der Waals surface area contributed by atoms with Gasteiger partial charge < -0.3 is 18.5 Å². The standard InChI is InChI=1S/C27H27N3O4/c1-4-32-23-11-7-21(8-12-23)17-28-29-27(31)26-16-15-25(34-26)18-33-24-13-9-22(10-14-24)30-19(2)5-6-20(30)3/h5-17H,4,18H2,1-3H3,(H,29,31). The second-order valence-corrected chi connectivity index (χ2v) is 7.70. The molecule has 1 amide bonds. The van der Waals surface area contributed by atoms with Crippen molar-refractivity contribution in [1.82, 2.24) is 9.99 Å². The Morgan fingerprint density at radius 2 is 1.56 bits per heavy atom. The molecule has 4 aromatic rings. The predicted molar refractivity (Wildman–Crippen MR) is 131 cm³/mol. The Bertz CT molecular complexity index is 1250. The van der Waals surface area contributed by atoms with Crippen LogP contribution in [0.4, 0.5) is 0 Å². The van der Waals surface area contributed by atoms with Crippen molar-refractivity contribution in [3.05, 3.63) is 101 Å². The van der Waals surface area contributed by atoms with E-state index in [1.165, 1.54) is 11.4 Å². The Labute approximate surface area is 198 Å². The minimum atomic E-state index is -0.435. The van der Waals surface area contributed by atoms with Gasteiger partial charge in [-0.1, -0.05) is 0 Å². The molecule has 34 heavy (non-hydrogen) atoms. The minimum Gasteiger partial charge on any atom is -0.494 e. The highest BCUT2D eigenvalue weighted by Crippen LogP contribution is 2.21. The van der Waals surface area contributed by atoms with Gasteiger partial charge in [0.2, 0.25) is 0 Å². The van der Waals surface area contributed by atoms with Crippen molar-refractivity contribution in [2.24, 2.45) is 5.10 Å². The summed E-state index contributed by atoms with van der Waals surface area (Å²) in [5, 5.41) is 3.98. The Hall–Kier alpha value is -4.26. The zero-order chi connectivity index (χ0) is 23.9. The first-order chi connectivity index (χ1) is 16.5. The summed E-state index contributed by atoms with van der Waals surface area (Å²) in [6.45, 7) is 6.91. The van der Waals surface area contributed by atoms with Gasteiger partial charge >= 0.3 is 5.91 Å². The van der Waals surface area contributed by atoms with E-state index in [0.29, 0.717) is 18.1 Å². The number of hydrogen-bond acceptors (Lipinski definition) is 5. The Balaban J connectivity index is 1.28. The number of nitrogens with one attached hydrogen (secondary N) is 1. The van der Waals surface area contributed by atoms with Crippen LogP contribution in [0.25, 0.3) is 5.69 Å². The van der Waals surface area contributed by atoms with Crippen LogP contribution in [0.5, 0.6) is 11.5 Å². The van der Waals surface area contributed by atoms with Crippen molar-refractivity contribution in [1.29, 1.82) is 0 Å². The fourth-order valence-corrected chi connectivity index (χ4v) is 3.54. The number of benzene rings is 2. The van der Waals surface area contributed by atoms with Gasteiger partial charge in [-0.15, -0.1) is 0 Å². The number of aromatic nitrogens is 1. The summed E-state index contributed by atoms with van der Waals surface area (Å²) >= 11 is 0. The molecule has 0 saturated heterocycles. The van der Waals surface area contributed by atoms with Crippen LogP contribution in [-0.2, 0) is 6.61 Å². The maximum Gasteiger partial charge on any atom is 0.307 e. The molecule has 0 bridgehead atoms. The van der Waals surface area contributed by atoms with E-state index in [1.807, 2.05) is 55.5 Å². The molecule has 0 saturated carbocycles. The third kappa shape index (κ3) is 5.56. The molecule has 0 atom stereocenters. The second kappa shape index (κ2) is 10.6. The lowest BCUT2D eigenvalue weighted by molar-refractivity contribution is 0.0923. The van der Waals surface area contributed by atoms with E-state index in [-0.39, 0.29) is 12.4 Å². The quantitative estimate of drug-likeness (QED) is 0.269. The lowest BCUT2D eigenvalue weighted by Gasteiger charge is -2.10. The summed E-state index contributed by atoms with van der Waals surface area (Å²) in [6, 6.07) is 22.8. The zero-order valence-electron chi connectivity index (χ0n) is 19.4. The summed E-state index contributed by atoms with van der Waals surface area (Å²) in [5.74, 6) is 1.78. The van der Waals surface area contributed by atoms with E-state index in [2.05, 4.69) is 41.1 Å². The van der Waals surface area contributed by atoms with Gasteiger partial charge in [-0.25, -0.2) is 5.43 Å². The molecule has 0 spiro atoms. The van der Waals surface area contributed by atoms with Gasteiger partial charge in [0.15, 0.2) is 5.76 Å². The van der Waals surface area contributed by atoms with Crippen LogP contribution >= 0.6 is 0 Å². The van der Waals surface area contributed by atoms with E-state index in [1.54, 1.807) is 18.3 Å². The van der Waals surface area contributed by atoms with Crippen LogP contribution in [-0.4, -0.2) is 23.3 Å². The first-order valence-electron chi connectivity index (χ1n) is 11.1. The van der Waals surface area contributed by atoms with Crippen LogP contribution < -0.4 is 14.9 Å². The number of hydrogen-bond donors (Lipinski definition) is 1. The molecule has 0 aliphatic carbocycles. The number of ether oxygens (including phenoxy) is 2. The molecule has 0 aliphatic rings. The molecule has 2 aromatic carbocycles. The molecule has 7 nitrogen and oxygen atoms in total. The lowest BCUT2D eigenvalue weighted by atomic mass is 10.2. The smallest absolute Gasteiger partial charge is 0.307 e. The van der Waals surface area contributed by atoms with Crippen LogP contribution in [0.1, 0.15) is 40.2 Å². The Kier molecular flexibility index (Phi) is 7.13. The summed E-state index contributed by atoms with van der Waals surface area (Å²) in [4.78, 5) is 12.3. The molecule has 0 fully saturated rings. The van der Waals surface area contributed by atoms with E-state index < -0.39 is 5.91 Å². The van der Waals surface area contributed by atoms with Gasteiger partial charge in [0, 0.05) is 17.1 Å². The number of hydrazone groups is 1. The van der Waals surface area contributed by atoms with Crippen molar-refractivity contribution in [2.45, 2.75) is 27.4 Å². The number of rotatable bonds is 9. The molecule has 7 heteroatoms. The third-order valence-electron chi connectivity index (χ3n) is 5.20. The van der Waals surface area contributed by atoms with Gasteiger partial charge in [0.25, 0.3) is 0 Å². The summed E-state index contributed by atoms with van der Waals surface area (Å²) in [5.41, 5.74) is 6.74. The van der Waals surface area contributed by atoms with Crippen LogP contribution in [0, 0.1) is 13.8 Å². The number of carbonyl (C=O) groups excluding carboxylic acids is 1. The largest absolute Gasteiger partial charge is 0.494 e. The summed E-state index contributed by atoms with van der Waals surface area (Å²) < 4.78 is 19.0. The average molecular weight is 458 g/mol. The molecule has 2 aromatic heterocycles. The Morgan fingerprint density at radius 1 is 0.912 bits per heavy atom. The van der Waals surface area contributed by atoms with E-state index >= 15 is 0 Å². The van der Waals surface area contributed by atoms with Crippen molar-refractivity contribution in [3.8, 4) is 17.2 Å². The molecule has 0 aliphatic heterocycles. The van der Waals surface area contributed by atoms with Crippen LogP contribution in [0.15, 0.2) is 82.3 Å². The molecule has 174 valence electrons. The van der Waals surface area contributed by atoms with Gasteiger partial charge in [0.1, 0.15) is 23.9 Å². The average Bonchev–Trinajstić information content (AvgIpc) is 3.46. The highest BCUT2D eigenvalue weighted by atomic mass is 16.5. The van der Waals surface area contributed by atoms with Gasteiger partial charge in [-0.05, 0) is 99.1 Å². The van der Waals surface area contributed by atoms with Gasteiger partial charge in [0.05, 0.1) is 12.8 Å². The summed E-state index contributed by atoms with van der Waals surface area (Å²) in [6.07, 6.45) is 1.56. The SMILES string of the molecule is CCOc1ccc(C=NNC(=O)c2ccc(COc3ccc(-n4c(C)ccc4C)cc3)o2)cc1. The predicted octanol–water partition coefficient (Wildman–Crippen LogP) is 5.43. The highest BCUT2D eigenvalue weighted by molar-refractivity contribution is 5.92. The molecule has 2 heterocycles. The first-order valence-corrected chi connectivity index (χ1v) is 11.1. The normalized spacial score (nSPS) is 11.0. The van der Waals surface area contributed by atoms with Crippen molar-refractivity contribution >= 4 is 12.1 Å².